The zero-order valence-corrected chi connectivity index (χ0v) is 42.4. The van der Waals surface area contributed by atoms with E-state index >= 15 is 0 Å². The molecule has 2 aromatic rings. The summed E-state index contributed by atoms with van der Waals surface area (Å²) in [5, 5.41) is 102. The van der Waals surface area contributed by atoms with Gasteiger partial charge < -0.3 is 92.0 Å². The van der Waals surface area contributed by atoms with Gasteiger partial charge in [0.15, 0.2) is 11.5 Å². The summed E-state index contributed by atoms with van der Waals surface area (Å²) in [7, 11) is 0. The first-order chi connectivity index (χ1) is 34.1. The number of carbonyl (C=O) groups excluding carboxylic acids is 8. The third-order valence-electron chi connectivity index (χ3n) is 12.0. The van der Waals surface area contributed by atoms with E-state index in [1.807, 2.05) is 0 Å². The first-order valence-electron chi connectivity index (χ1n) is 22.3. The summed E-state index contributed by atoms with van der Waals surface area (Å²) in [6, 6.07) is 0.184. The van der Waals surface area contributed by atoms with Gasteiger partial charge in [0.25, 0.3) is 12.3 Å². The molecule has 0 saturated carbocycles. The molecule has 14 N–H and O–H groups in total. The normalized spacial score (nSPS) is 27.8. The van der Waals surface area contributed by atoms with Crippen LogP contribution in [0.25, 0.3) is 0 Å². The Balaban J connectivity index is 0.0000116. The number of alkyl carbamates (subject to hydrolysis) is 1. The molecule has 3 fully saturated rings. The molecule has 0 bridgehead atoms. The number of carbonyl (C=O) groups is 8. The van der Waals surface area contributed by atoms with E-state index in [4.69, 9.17) is 14.7 Å². The summed E-state index contributed by atoms with van der Waals surface area (Å²) in [5.41, 5.74) is 5.98. The van der Waals surface area contributed by atoms with Gasteiger partial charge in [0, 0.05) is 44.8 Å². The Morgan fingerprint density at radius 3 is 2.15 bits per heavy atom. The smallest absolute Gasteiger partial charge is 0.691 e. The molecule has 0 radical (unpaired) electrons. The van der Waals surface area contributed by atoms with E-state index < -0.39 is 177 Å². The molecule has 2 aromatic carbocycles. The van der Waals surface area contributed by atoms with Crippen LogP contribution in [0, 0.1) is 5.92 Å². The van der Waals surface area contributed by atoms with Crippen molar-refractivity contribution in [2.45, 2.75) is 119 Å². The summed E-state index contributed by atoms with van der Waals surface area (Å²) in [6.45, 7) is 0.587. The number of ether oxygens (including phenoxy) is 1. The third-order valence-corrected chi connectivity index (χ3v) is 12.4. The van der Waals surface area contributed by atoms with Crippen LogP contribution >= 0.6 is 12.3 Å². The van der Waals surface area contributed by atoms with E-state index in [1.165, 1.54) is 13.0 Å². The van der Waals surface area contributed by atoms with E-state index in [-0.39, 0.29) is 59.8 Å². The summed E-state index contributed by atoms with van der Waals surface area (Å²) in [5.74, 6) is -10.3. The Morgan fingerprint density at radius 2 is 1.49 bits per heavy atom. The quantitative estimate of drug-likeness (QED) is 0.0275. The van der Waals surface area contributed by atoms with Crippen LogP contribution in [-0.4, -0.2) is 185 Å². The van der Waals surface area contributed by atoms with Crippen molar-refractivity contribution >= 4 is 59.8 Å². The number of hydrogen-bond acceptors (Lipinski definition) is 21. The summed E-state index contributed by atoms with van der Waals surface area (Å²) < 4.78 is 14.3. The number of aliphatic hydroxyl groups excluding tert-OH is 6. The Hall–Kier alpha value is -5.41. The number of benzene rings is 2. The average molecular weight is 1060 g/mol. The predicted molar refractivity (Wildman–Crippen MR) is 239 cm³/mol. The topological polar surface area (TPSA) is 431 Å². The van der Waals surface area contributed by atoms with Crippen molar-refractivity contribution in [3.63, 3.8) is 0 Å². The van der Waals surface area contributed by atoms with Gasteiger partial charge in [0.1, 0.15) is 42.9 Å². The first-order valence-corrected chi connectivity index (χ1v) is 23.0. The number of nitrogens with one attached hydrogen (secondary N) is 5. The fraction of sp³-hybridized carbons (Fsp3) is 0.535. The van der Waals surface area contributed by atoms with E-state index in [2.05, 4.69) is 36.0 Å². The van der Waals surface area contributed by atoms with Crippen molar-refractivity contribution in [3.8, 4) is 11.5 Å². The molecule has 30 heteroatoms. The Kier molecular flexibility index (Phi) is 22.9. The van der Waals surface area contributed by atoms with Crippen LogP contribution in [0.5, 0.6) is 11.5 Å². The SMILES string of the molecule is C[C@@H](O)[C@@H]1NC(=O)C(NC(=O)OCc2ccccc2)C[C@@H](O)CNC(=O)[C@@H]2[C@@H](O)[C@@H](C)CN2C(=O)[C@H]([C@H](O)CC(N)=O)NC(=O)[C@H]([C@H](O)Cc2ccc(O)c(OSOO[O-])c2)NC(=O)[C@@H]2C[C@@H](O)CN2C1=O.[Na+]. The molecule has 3 heterocycles. The van der Waals surface area contributed by atoms with Gasteiger partial charge in [0.05, 0.1) is 43.0 Å². The average Bonchev–Trinajstić information content (AvgIpc) is 3.87. The summed E-state index contributed by atoms with van der Waals surface area (Å²) in [6.07, 6.45) is -14.7. The molecule has 3 aliphatic heterocycles. The molecular formula is C43H57N8NaO20S. The number of phenolic OH excluding ortho intramolecular Hbond substituents is 1. The molecule has 8 amide bonds. The Bertz CT molecular complexity index is 2270. The number of nitrogens with zero attached hydrogens (tertiary/aromatic N) is 2. The summed E-state index contributed by atoms with van der Waals surface area (Å²) >= 11 is -0.00564. The van der Waals surface area contributed by atoms with Crippen molar-refractivity contribution in [3.05, 3.63) is 59.7 Å². The number of fused-ring (bicyclic) bond motifs is 2. The zero-order valence-electron chi connectivity index (χ0n) is 39.6. The fourth-order valence-electron chi connectivity index (χ4n) is 8.32. The van der Waals surface area contributed by atoms with Gasteiger partial charge in [-0.15, -0.1) is 4.33 Å². The number of aromatic hydroxyl groups is 1. The number of primary amides is 1. The van der Waals surface area contributed by atoms with Crippen LogP contribution < -0.4 is 71.3 Å². The van der Waals surface area contributed by atoms with Gasteiger partial charge >= 0.3 is 35.7 Å². The minimum atomic E-state index is -2.21. The second kappa shape index (κ2) is 27.8. The minimum Gasteiger partial charge on any atom is -0.691 e. The van der Waals surface area contributed by atoms with E-state index in [9.17, 15) is 79.4 Å². The van der Waals surface area contributed by atoms with Crippen molar-refractivity contribution in [2.75, 3.05) is 19.6 Å². The number of amides is 8. The molecule has 0 aliphatic carbocycles. The van der Waals surface area contributed by atoms with Gasteiger partial charge in [-0.25, -0.2) is 4.79 Å². The number of β-amino-alcohol motifs (C(OH)–C–C–N with tert-alkyl or cyclic N) is 1. The second-order valence-electron chi connectivity index (χ2n) is 17.5. The van der Waals surface area contributed by atoms with E-state index in [1.54, 1.807) is 30.3 Å². The van der Waals surface area contributed by atoms with Crippen molar-refractivity contribution < 1.29 is 127 Å². The molecule has 13 atom stereocenters. The van der Waals surface area contributed by atoms with Crippen molar-refractivity contribution in [1.82, 2.24) is 36.4 Å². The van der Waals surface area contributed by atoms with Gasteiger partial charge in [-0.1, -0.05) is 43.3 Å². The molecule has 396 valence electrons. The number of hydrogen-bond donors (Lipinski definition) is 13. The maximum Gasteiger partial charge on any atom is 1.00 e. The van der Waals surface area contributed by atoms with Crippen LogP contribution in [0.15, 0.2) is 48.5 Å². The second-order valence-corrected chi connectivity index (χ2v) is 17.9. The molecule has 3 aliphatic rings. The van der Waals surface area contributed by atoms with Gasteiger partial charge in [0.2, 0.25) is 41.4 Å². The van der Waals surface area contributed by atoms with Crippen molar-refractivity contribution in [2.24, 2.45) is 11.7 Å². The van der Waals surface area contributed by atoms with E-state index in [0.717, 1.165) is 28.9 Å². The number of aliphatic hydroxyl groups is 6. The number of phenols is 1. The molecule has 28 nitrogen and oxygen atoms in total. The Labute approximate surface area is 442 Å². The molecule has 1 unspecified atom stereocenters. The zero-order chi connectivity index (χ0) is 53.0. The Morgan fingerprint density at radius 1 is 0.836 bits per heavy atom. The monoisotopic (exact) mass is 1060 g/mol. The molecule has 0 aromatic heterocycles. The largest absolute Gasteiger partial charge is 1.00 e. The molecule has 5 rings (SSSR count). The van der Waals surface area contributed by atoms with Gasteiger partial charge in [-0.2, -0.15) is 0 Å². The van der Waals surface area contributed by atoms with Crippen LogP contribution in [0.2, 0.25) is 0 Å². The van der Waals surface area contributed by atoms with Crippen LogP contribution in [0.3, 0.4) is 0 Å². The van der Waals surface area contributed by atoms with Crippen LogP contribution in [0.4, 0.5) is 4.79 Å². The minimum absolute atomic E-state index is 0. The van der Waals surface area contributed by atoms with Gasteiger partial charge in [-0.3, -0.25) is 38.6 Å². The van der Waals surface area contributed by atoms with Crippen LogP contribution in [0.1, 0.15) is 44.2 Å². The van der Waals surface area contributed by atoms with Crippen LogP contribution in [-0.2, 0) is 60.7 Å². The van der Waals surface area contributed by atoms with Gasteiger partial charge in [-0.05, 0) is 30.2 Å². The fourth-order valence-corrected chi connectivity index (χ4v) is 8.58. The predicted octanol–water partition coefficient (Wildman–Crippen LogP) is -9.12. The maximum absolute atomic E-state index is 14.5. The molecule has 3 saturated heterocycles. The summed E-state index contributed by atoms with van der Waals surface area (Å²) in [4.78, 5) is 112. The molecular weight excluding hydrogens is 1000 g/mol. The third kappa shape index (κ3) is 16.3. The standard InChI is InChI=1S/C43H58N8O20S.Na/c1-19-16-51-35(36(19)59)40(63)45-15-23(53)12-25(46-43(66)68-18-21-6-4-3-5-7-21)37(60)47-32(20(2)52)41(64)50-17-24(54)13-26(50)38(61)48-33(39(62)49-34(42(51)65)29(57)14-31(44)58)28(56)10-22-8-9-27(55)30(11-22)69-72-71-70-67;/h3-9,11,19-20,23-26,28-29,32-36,52-57,59,67H,10,12-18H2,1-2H3,(H2,44,58)(H,45,63)(H,46,66)(H,47,60)(H,48,61)(H,49,62);/q;+1/p-1/t19-,20+,23+,24+,25?,26-,28+,29+,32-,33-,34-,35-,36-;/m0./s1. The first kappa shape index (κ1) is 60.1. The molecule has 73 heavy (non-hydrogen) atoms. The molecule has 0 spiro atoms. The number of rotatable bonds is 14. The van der Waals surface area contributed by atoms with Crippen molar-refractivity contribution in [1.29, 1.82) is 0 Å². The maximum atomic E-state index is 14.5. The number of nitrogens with two attached hydrogens (primary N) is 1. The van der Waals surface area contributed by atoms with E-state index in [0.29, 0.717) is 5.56 Å².